The van der Waals surface area contributed by atoms with Crippen molar-refractivity contribution in [2.24, 2.45) is 0 Å². The monoisotopic (exact) mass is 307 g/mol. The SMILES string of the molecule is COC(=O)[C@H](CC(=O)c1ccccc1)c1c[nH]c2ccccc12. The number of esters is 1. The van der Waals surface area contributed by atoms with Crippen molar-refractivity contribution < 1.29 is 14.3 Å². The lowest BCUT2D eigenvalue weighted by Crippen LogP contribution is -2.18. The molecule has 0 aliphatic carbocycles. The van der Waals surface area contributed by atoms with Crippen molar-refractivity contribution in [2.75, 3.05) is 7.11 Å². The Morgan fingerprint density at radius 2 is 1.74 bits per heavy atom. The highest BCUT2D eigenvalue weighted by Gasteiger charge is 2.27. The fourth-order valence-corrected chi connectivity index (χ4v) is 2.77. The fourth-order valence-electron chi connectivity index (χ4n) is 2.77. The van der Waals surface area contributed by atoms with Gasteiger partial charge in [0.2, 0.25) is 0 Å². The molecule has 0 aliphatic rings. The van der Waals surface area contributed by atoms with E-state index in [-0.39, 0.29) is 12.2 Å². The van der Waals surface area contributed by atoms with Crippen LogP contribution >= 0.6 is 0 Å². The summed E-state index contributed by atoms with van der Waals surface area (Å²) in [6.07, 6.45) is 1.86. The van der Waals surface area contributed by atoms with Crippen LogP contribution in [0.15, 0.2) is 60.8 Å². The van der Waals surface area contributed by atoms with Gasteiger partial charge in [-0.1, -0.05) is 48.5 Å². The van der Waals surface area contributed by atoms with Gasteiger partial charge in [0.05, 0.1) is 13.0 Å². The Kier molecular flexibility index (Phi) is 4.24. The van der Waals surface area contributed by atoms with Crippen LogP contribution < -0.4 is 0 Å². The Balaban J connectivity index is 1.96. The molecule has 3 aromatic rings. The van der Waals surface area contributed by atoms with Crippen LogP contribution in [0.2, 0.25) is 0 Å². The predicted molar refractivity (Wildman–Crippen MR) is 88.4 cm³/mol. The van der Waals surface area contributed by atoms with Gasteiger partial charge in [0.1, 0.15) is 0 Å². The van der Waals surface area contributed by atoms with E-state index < -0.39 is 11.9 Å². The van der Waals surface area contributed by atoms with E-state index in [0.29, 0.717) is 5.56 Å². The maximum atomic E-state index is 12.5. The van der Waals surface area contributed by atoms with Crippen molar-refractivity contribution in [1.29, 1.82) is 0 Å². The maximum absolute atomic E-state index is 12.5. The van der Waals surface area contributed by atoms with E-state index in [4.69, 9.17) is 4.74 Å². The number of carbonyl (C=O) groups is 2. The standard InChI is InChI=1S/C19H17NO3/c1-23-19(22)15(11-18(21)13-7-3-2-4-8-13)16-12-20-17-10-6-5-9-14(16)17/h2-10,12,15,20H,11H2,1H3/t15-/m1/s1. The number of nitrogens with one attached hydrogen (secondary N) is 1. The molecule has 23 heavy (non-hydrogen) atoms. The highest BCUT2D eigenvalue weighted by Crippen LogP contribution is 2.30. The van der Waals surface area contributed by atoms with Gasteiger partial charge in [0, 0.05) is 29.1 Å². The summed E-state index contributed by atoms with van der Waals surface area (Å²) in [5.41, 5.74) is 2.32. The summed E-state index contributed by atoms with van der Waals surface area (Å²) >= 11 is 0. The molecular weight excluding hydrogens is 290 g/mol. The Bertz CT molecular complexity index is 836. The summed E-state index contributed by atoms with van der Waals surface area (Å²) in [7, 11) is 1.34. The van der Waals surface area contributed by atoms with Gasteiger partial charge in [-0.15, -0.1) is 0 Å². The first-order valence-corrected chi connectivity index (χ1v) is 7.43. The van der Waals surface area contributed by atoms with E-state index in [9.17, 15) is 9.59 Å². The fraction of sp³-hybridized carbons (Fsp3) is 0.158. The lowest BCUT2D eigenvalue weighted by molar-refractivity contribution is -0.142. The minimum absolute atomic E-state index is 0.0775. The van der Waals surface area contributed by atoms with Gasteiger partial charge < -0.3 is 9.72 Å². The number of hydrogen-bond acceptors (Lipinski definition) is 3. The molecule has 0 saturated heterocycles. The first kappa shape index (κ1) is 15.0. The van der Waals surface area contributed by atoms with Crippen LogP contribution in [0.4, 0.5) is 0 Å². The van der Waals surface area contributed by atoms with E-state index in [2.05, 4.69) is 4.98 Å². The minimum Gasteiger partial charge on any atom is -0.469 e. The number of methoxy groups -OCH3 is 1. The zero-order chi connectivity index (χ0) is 16.2. The Hall–Kier alpha value is -2.88. The lowest BCUT2D eigenvalue weighted by Gasteiger charge is -2.13. The number of aromatic amines is 1. The van der Waals surface area contributed by atoms with Crippen LogP contribution in [0.5, 0.6) is 0 Å². The second kappa shape index (κ2) is 6.48. The number of benzene rings is 2. The number of hydrogen-bond donors (Lipinski definition) is 1. The molecule has 1 atom stereocenters. The van der Waals surface area contributed by atoms with Crippen LogP contribution in [0, 0.1) is 0 Å². The average Bonchev–Trinajstić information content (AvgIpc) is 3.03. The van der Waals surface area contributed by atoms with E-state index in [1.54, 1.807) is 18.3 Å². The number of H-pyrrole nitrogens is 1. The molecule has 0 spiro atoms. The summed E-state index contributed by atoms with van der Waals surface area (Å²) < 4.78 is 4.92. The Morgan fingerprint density at radius 1 is 1.04 bits per heavy atom. The number of fused-ring (bicyclic) bond motifs is 1. The Morgan fingerprint density at radius 3 is 2.48 bits per heavy atom. The zero-order valence-corrected chi connectivity index (χ0v) is 12.8. The molecule has 0 aliphatic heterocycles. The molecule has 1 heterocycles. The third kappa shape index (κ3) is 3.01. The smallest absolute Gasteiger partial charge is 0.313 e. The van der Waals surface area contributed by atoms with Crippen LogP contribution in [0.1, 0.15) is 28.3 Å². The van der Waals surface area contributed by atoms with Crippen molar-refractivity contribution in [2.45, 2.75) is 12.3 Å². The largest absolute Gasteiger partial charge is 0.469 e. The quantitative estimate of drug-likeness (QED) is 0.577. The number of para-hydroxylation sites is 1. The van der Waals surface area contributed by atoms with E-state index >= 15 is 0 Å². The van der Waals surface area contributed by atoms with Crippen LogP contribution in [0.3, 0.4) is 0 Å². The van der Waals surface area contributed by atoms with Gasteiger partial charge in [-0.3, -0.25) is 9.59 Å². The molecule has 0 unspecified atom stereocenters. The average molecular weight is 307 g/mol. The van der Waals surface area contributed by atoms with Crippen LogP contribution in [-0.2, 0) is 9.53 Å². The summed E-state index contributed by atoms with van der Waals surface area (Å²) in [5, 5.41) is 0.934. The molecule has 0 saturated carbocycles. The second-order valence-electron chi connectivity index (χ2n) is 5.36. The van der Waals surface area contributed by atoms with Gasteiger partial charge in [0.15, 0.2) is 5.78 Å². The topological polar surface area (TPSA) is 59.2 Å². The first-order valence-electron chi connectivity index (χ1n) is 7.43. The molecular formula is C19H17NO3. The summed E-state index contributed by atoms with van der Waals surface area (Å²) in [4.78, 5) is 27.9. The van der Waals surface area contributed by atoms with Gasteiger partial charge in [-0.25, -0.2) is 0 Å². The highest BCUT2D eigenvalue weighted by molar-refractivity contribution is 6.00. The van der Waals surface area contributed by atoms with Crippen molar-refractivity contribution in [3.63, 3.8) is 0 Å². The molecule has 116 valence electrons. The lowest BCUT2D eigenvalue weighted by atomic mass is 9.91. The Labute approximate surface area is 134 Å². The minimum atomic E-state index is -0.621. The van der Waals surface area contributed by atoms with Crippen molar-refractivity contribution >= 4 is 22.7 Å². The third-order valence-electron chi connectivity index (χ3n) is 3.97. The molecule has 0 fully saturated rings. The summed E-state index contributed by atoms with van der Waals surface area (Å²) in [6.45, 7) is 0. The molecule has 1 aromatic heterocycles. The first-order chi connectivity index (χ1) is 11.2. The normalized spacial score (nSPS) is 12.0. The molecule has 3 rings (SSSR count). The van der Waals surface area contributed by atoms with Gasteiger partial charge in [-0.2, -0.15) is 0 Å². The van der Waals surface area contributed by atoms with Gasteiger partial charge >= 0.3 is 5.97 Å². The number of aromatic nitrogens is 1. The van der Waals surface area contributed by atoms with E-state index in [1.807, 2.05) is 42.5 Å². The third-order valence-corrected chi connectivity index (χ3v) is 3.97. The van der Waals surface area contributed by atoms with Gasteiger partial charge in [-0.05, 0) is 11.6 Å². The molecule has 1 N–H and O–H groups in total. The number of rotatable bonds is 5. The number of ether oxygens (including phenoxy) is 1. The predicted octanol–water partition coefficient (Wildman–Crippen LogP) is 3.70. The van der Waals surface area contributed by atoms with Crippen molar-refractivity contribution in [1.82, 2.24) is 4.98 Å². The molecule has 0 radical (unpaired) electrons. The molecule has 0 bridgehead atoms. The second-order valence-corrected chi connectivity index (χ2v) is 5.36. The van der Waals surface area contributed by atoms with E-state index in [1.165, 1.54) is 7.11 Å². The molecule has 2 aromatic carbocycles. The summed E-state index contributed by atoms with van der Waals surface area (Å²) in [5.74, 6) is -1.10. The molecule has 4 nitrogen and oxygen atoms in total. The molecule has 0 amide bonds. The summed E-state index contributed by atoms with van der Waals surface area (Å²) in [6, 6.07) is 16.7. The van der Waals surface area contributed by atoms with Crippen LogP contribution in [-0.4, -0.2) is 23.8 Å². The van der Waals surface area contributed by atoms with Crippen molar-refractivity contribution in [3.05, 3.63) is 71.9 Å². The maximum Gasteiger partial charge on any atom is 0.313 e. The zero-order valence-electron chi connectivity index (χ0n) is 12.8. The van der Waals surface area contributed by atoms with Gasteiger partial charge in [0.25, 0.3) is 0 Å². The number of ketones is 1. The number of carbonyl (C=O) groups excluding carboxylic acids is 2. The number of Topliss-reactive ketones (excluding diaryl/α,β-unsaturated/α-hetero) is 1. The van der Waals surface area contributed by atoms with E-state index in [0.717, 1.165) is 16.5 Å². The van der Waals surface area contributed by atoms with Crippen molar-refractivity contribution in [3.8, 4) is 0 Å². The van der Waals surface area contributed by atoms with Crippen LogP contribution in [0.25, 0.3) is 10.9 Å². The highest BCUT2D eigenvalue weighted by atomic mass is 16.5. The molecule has 4 heteroatoms.